The van der Waals surface area contributed by atoms with Crippen molar-refractivity contribution in [2.75, 3.05) is 39.4 Å². The standard InChI is InChI=1S/C25H32N2O4/c1-3-30-22-12-10-21(11-13-22)19-25(29)27-16-14-26(15-17-27)24(28)9-6-18-31-23-8-5-4-7-20(23)2/h4-5,7-8,10-13H,3,6,9,14-19H2,1-2H3. The highest BCUT2D eigenvalue weighted by atomic mass is 16.5. The first-order chi connectivity index (χ1) is 15.1. The summed E-state index contributed by atoms with van der Waals surface area (Å²) in [6, 6.07) is 15.5. The van der Waals surface area contributed by atoms with Crippen molar-refractivity contribution < 1.29 is 19.1 Å². The van der Waals surface area contributed by atoms with Gasteiger partial charge in [-0.2, -0.15) is 0 Å². The molecule has 0 aliphatic carbocycles. The van der Waals surface area contributed by atoms with Gasteiger partial charge in [0.2, 0.25) is 11.8 Å². The summed E-state index contributed by atoms with van der Waals surface area (Å²) in [5.74, 6) is 1.92. The number of hydrogen-bond acceptors (Lipinski definition) is 4. The number of carbonyl (C=O) groups excluding carboxylic acids is 2. The van der Waals surface area contributed by atoms with Crippen LogP contribution in [-0.4, -0.2) is 61.0 Å². The van der Waals surface area contributed by atoms with E-state index in [4.69, 9.17) is 9.47 Å². The molecule has 166 valence electrons. The lowest BCUT2D eigenvalue weighted by molar-refractivity contribution is -0.139. The molecule has 6 nitrogen and oxygen atoms in total. The first-order valence-corrected chi connectivity index (χ1v) is 11.0. The Kier molecular flexibility index (Phi) is 8.33. The van der Waals surface area contributed by atoms with E-state index in [9.17, 15) is 9.59 Å². The molecule has 2 aromatic rings. The highest BCUT2D eigenvalue weighted by molar-refractivity contribution is 5.80. The van der Waals surface area contributed by atoms with Crippen molar-refractivity contribution in [3.63, 3.8) is 0 Å². The Balaban J connectivity index is 1.36. The number of carbonyl (C=O) groups is 2. The number of piperazine rings is 1. The number of para-hydroxylation sites is 1. The van der Waals surface area contributed by atoms with Crippen LogP contribution in [0.15, 0.2) is 48.5 Å². The lowest BCUT2D eigenvalue weighted by Gasteiger charge is -2.35. The van der Waals surface area contributed by atoms with E-state index in [2.05, 4.69) is 0 Å². The Labute approximate surface area is 184 Å². The van der Waals surface area contributed by atoms with Crippen molar-refractivity contribution in [2.45, 2.75) is 33.1 Å². The number of amides is 2. The molecule has 3 rings (SSSR count). The predicted molar refractivity (Wildman–Crippen MR) is 120 cm³/mol. The lowest BCUT2D eigenvalue weighted by atomic mass is 10.1. The summed E-state index contributed by atoms with van der Waals surface area (Å²) in [6.07, 6.45) is 1.52. The average Bonchev–Trinajstić information content (AvgIpc) is 2.79. The SMILES string of the molecule is CCOc1ccc(CC(=O)N2CCN(C(=O)CCCOc3ccccc3C)CC2)cc1. The molecule has 1 fully saturated rings. The molecule has 1 saturated heterocycles. The maximum atomic E-state index is 12.6. The number of hydrogen-bond donors (Lipinski definition) is 0. The maximum Gasteiger partial charge on any atom is 0.227 e. The Morgan fingerprint density at radius 2 is 1.52 bits per heavy atom. The van der Waals surface area contributed by atoms with Crippen LogP contribution < -0.4 is 9.47 Å². The largest absolute Gasteiger partial charge is 0.494 e. The minimum Gasteiger partial charge on any atom is -0.494 e. The second-order valence-electron chi connectivity index (χ2n) is 7.73. The molecule has 0 spiro atoms. The summed E-state index contributed by atoms with van der Waals surface area (Å²) in [6.45, 7) is 7.46. The Morgan fingerprint density at radius 3 is 2.16 bits per heavy atom. The van der Waals surface area contributed by atoms with Gasteiger partial charge in [0.15, 0.2) is 0 Å². The molecular formula is C25H32N2O4. The van der Waals surface area contributed by atoms with E-state index in [1.807, 2.05) is 72.2 Å². The monoisotopic (exact) mass is 424 g/mol. The molecule has 6 heteroatoms. The van der Waals surface area contributed by atoms with Gasteiger partial charge in [0, 0.05) is 32.6 Å². The zero-order chi connectivity index (χ0) is 22.1. The van der Waals surface area contributed by atoms with E-state index < -0.39 is 0 Å². The van der Waals surface area contributed by atoms with Crippen molar-refractivity contribution in [3.05, 3.63) is 59.7 Å². The number of rotatable bonds is 9. The third kappa shape index (κ3) is 6.74. The van der Waals surface area contributed by atoms with Gasteiger partial charge in [-0.3, -0.25) is 9.59 Å². The minimum absolute atomic E-state index is 0.0999. The Bertz CT molecular complexity index is 858. The van der Waals surface area contributed by atoms with E-state index in [1.54, 1.807) is 0 Å². The normalized spacial score (nSPS) is 13.7. The topological polar surface area (TPSA) is 59.1 Å². The van der Waals surface area contributed by atoms with Crippen LogP contribution in [0.3, 0.4) is 0 Å². The molecule has 1 aliphatic rings. The van der Waals surface area contributed by atoms with Gasteiger partial charge in [0.05, 0.1) is 19.6 Å². The second kappa shape index (κ2) is 11.4. The molecule has 0 aromatic heterocycles. The summed E-state index contributed by atoms with van der Waals surface area (Å²) in [4.78, 5) is 28.8. The quantitative estimate of drug-likeness (QED) is 0.579. The van der Waals surface area contributed by atoms with Crippen LogP contribution >= 0.6 is 0 Å². The van der Waals surface area contributed by atoms with E-state index >= 15 is 0 Å². The molecule has 0 atom stereocenters. The fourth-order valence-corrected chi connectivity index (χ4v) is 3.64. The third-order valence-electron chi connectivity index (χ3n) is 5.46. The molecule has 1 aliphatic heterocycles. The van der Waals surface area contributed by atoms with Crippen molar-refractivity contribution >= 4 is 11.8 Å². The molecule has 31 heavy (non-hydrogen) atoms. The fraction of sp³-hybridized carbons (Fsp3) is 0.440. The van der Waals surface area contributed by atoms with E-state index in [-0.39, 0.29) is 11.8 Å². The number of ether oxygens (including phenoxy) is 2. The molecule has 0 radical (unpaired) electrons. The number of benzene rings is 2. The zero-order valence-electron chi connectivity index (χ0n) is 18.5. The summed E-state index contributed by atoms with van der Waals surface area (Å²) in [7, 11) is 0. The van der Waals surface area contributed by atoms with Gasteiger partial charge in [-0.15, -0.1) is 0 Å². The van der Waals surface area contributed by atoms with Crippen molar-refractivity contribution in [1.29, 1.82) is 0 Å². The molecule has 0 N–H and O–H groups in total. The van der Waals surface area contributed by atoms with Crippen molar-refractivity contribution in [3.8, 4) is 11.5 Å². The van der Waals surface area contributed by atoms with Crippen LogP contribution in [-0.2, 0) is 16.0 Å². The highest BCUT2D eigenvalue weighted by Gasteiger charge is 2.23. The second-order valence-corrected chi connectivity index (χ2v) is 7.73. The van der Waals surface area contributed by atoms with Gasteiger partial charge in [0.1, 0.15) is 11.5 Å². The molecule has 0 saturated carbocycles. The summed E-state index contributed by atoms with van der Waals surface area (Å²) < 4.78 is 11.2. The van der Waals surface area contributed by atoms with E-state index in [0.717, 1.165) is 22.6 Å². The van der Waals surface area contributed by atoms with Gasteiger partial charge in [-0.25, -0.2) is 0 Å². The van der Waals surface area contributed by atoms with Crippen molar-refractivity contribution in [2.24, 2.45) is 0 Å². The first-order valence-electron chi connectivity index (χ1n) is 11.0. The van der Waals surface area contributed by atoms with Crippen LogP contribution in [0.2, 0.25) is 0 Å². The van der Waals surface area contributed by atoms with E-state index in [1.165, 1.54) is 0 Å². The van der Waals surface area contributed by atoms with Crippen LogP contribution in [0, 0.1) is 6.92 Å². The van der Waals surface area contributed by atoms with Crippen LogP contribution in [0.4, 0.5) is 0 Å². The minimum atomic E-state index is 0.0999. The Morgan fingerprint density at radius 1 is 0.871 bits per heavy atom. The van der Waals surface area contributed by atoms with Gasteiger partial charge < -0.3 is 19.3 Å². The summed E-state index contributed by atoms with van der Waals surface area (Å²) in [5.41, 5.74) is 2.07. The Hall–Kier alpha value is -3.02. The molecule has 0 bridgehead atoms. The van der Waals surface area contributed by atoms with Crippen molar-refractivity contribution in [1.82, 2.24) is 9.80 Å². The fourth-order valence-electron chi connectivity index (χ4n) is 3.64. The van der Waals surface area contributed by atoms with E-state index in [0.29, 0.717) is 58.7 Å². The van der Waals surface area contributed by atoms with Gasteiger partial charge in [-0.1, -0.05) is 30.3 Å². The van der Waals surface area contributed by atoms with Crippen LogP contribution in [0.1, 0.15) is 30.9 Å². The van der Waals surface area contributed by atoms with Crippen LogP contribution in [0.25, 0.3) is 0 Å². The predicted octanol–water partition coefficient (Wildman–Crippen LogP) is 3.47. The lowest BCUT2D eigenvalue weighted by Crippen LogP contribution is -2.51. The van der Waals surface area contributed by atoms with Gasteiger partial charge in [-0.05, 0) is 49.6 Å². The zero-order valence-corrected chi connectivity index (χ0v) is 18.5. The molecule has 1 heterocycles. The number of nitrogens with zero attached hydrogens (tertiary/aromatic N) is 2. The van der Waals surface area contributed by atoms with Crippen LogP contribution in [0.5, 0.6) is 11.5 Å². The average molecular weight is 425 g/mol. The molecule has 0 unspecified atom stereocenters. The van der Waals surface area contributed by atoms with Gasteiger partial charge in [0.25, 0.3) is 0 Å². The molecular weight excluding hydrogens is 392 g/mol. The first kappa shape index (κ1) is 22.7. The highest BCUT2D eigenvalue weighted by Crippen LogP contribution is 2.17. The molecule has 2 aromatic carbocycles. The molecule has 2 amide bonds. The van der Waals surface area contributed by atoms with Gasteiger partial charge >= 0.3 is 0 Å². The third-order valence-corrected chi connectivity index (χ3v) is 5.46. The number of aryl methyl sites for hydroxylation is 1. The maximum absolute atomic E-state index is 12.6. The smallest absolute Gasteiger partial charge is 0.227 e. The summed E-state index contributed by atoms with van der Waals surface area (Å²) in [5, 5.41) is 0. The summed E-state index contributed by atoms with van der Waals surface area (Å²) >= 11 is 0.